The van der Waals surface area contributed by atoms with Crippen LogP contribution in [0.1, 0.15) is 0 Å². The average Bonchev–Trinajstić information content (AvgIpc) is 2.63. The van der Waals surface area contributed by atoms with Gasteiger partial charge in [-0.25, -0.2) is 4.98 Å². The van der Waals surface area contributed by atoms with Crippen LogP contribution in [0.4, 0.5) is 0 Å². The third kappa shape index (κ3) is 3.96. The lowest BCUT2D eigenvalue weighted by atomic mass is 9.98. The number of hydrogen-bond acceptors (Lipinski definition) is 1. The largest absolute Gasteiger partial charge is 0.246 e. The number of fused-ring (bicyclic) bond motifs is 1. The molecule has 0 bridgehead atoms. The van der Waals surface area contributed by atoms with E-state index in [0.717, 1.165) is 32.1 Å². The Morgan fingerprint density at radius 2 is 1.52 bits per heavy atom. The molecule has 0 N–H and O–H groups in total. The number of halogens is 5. The molecule has 0 saturated carbocycles. The van der Waals surface area contributed by atoms with Crippen molar-refractivity contribution in [3.63, 3.8) is 0 Å². The molecule has 0 aliphatic heterocycles. The van der Waals surface area contributed by atoms with E-state index in [2.05, 4.69) is 15.9 Å². The van der Waals surface area contributed by atoms with Crippen molar-refractivity contribution in [1.82, 2.24) is 4.98 Å². The lowest BCUT2D eigenvalue weighted by molar-refractivity contribution is 1.39. The minimum Gasteiger partial charge on any atom is -0.246 e. The lowest BCUT2D eigenvalue weighted by Crippen LogP contribution is -1.93. The second-order valence-electron chi connectivity index (χ2n) is 5.80. The molecule has 0 unspecified atom stereocenters. The molecule has 0 spiro atoms. The van der Waals surface area contributed by atoms with E-state index in [1.807, 2.05) is 66.7 Å². The van der Waals surface area contributed by atoms with Crippen LogP contribution in [0, 0.1) is 0 Å². The van der Waals surface area contributed by atoms with Crippen molar-refractivity contribution in [1.29, 1.82) is 0 Å². The maximum absolute atomic E-state index is 6.84. The van der Waals surface area contributed by atoms with Gasteiger partial charge in [0, 0.05) is 36.6 Å². The number of benzene rings is 3. The van der Waals surface area contributed by atoms with Crippen LogP contribution in [0.2, 0.25) is 15.1 Å². The zero-order chi connectivity index (χ0) is 18.3. The Hall–Kier alpha value is -1.29. The van der Waals surface area contributed by atoms with Crippen LogP contribution >= 0.6 is 63.1 Å². The minimum absolute atomic E-state index is 0. The molecular weight excluding hydrogens is 488 g/mol. The molecule has 1 aromatic heterocycles. The number of rotatable bonds is 2. The van der Waals surface area contributed by atoms with Gasteiger partial charge < -0.3 is 0 Å². The summed E-state index contributed by atoms with van der Waals surface area (Å²) in [5, 5.41) is 2.68. The first kappa shape index (κ1) is 20.4. The fourth-order valence-electron chi connectivity index (χ4n) is 2.94. The van der Waals surface area contributed by atoms with Crippen LogP contribution < -0.4 is 0 Å². The predicted octanol–water partition coefficient (Wildman–Crippen LogP) is 8.71. The van der Waals surface area contributed by atoms with Gasteiger partial charge in [-0.2, -0.15) is 0 Å². The molecule has 4 rings (SSSR count). The van der Waals surface area contributed by atoms with E-state index in [1.54, 1.807) is 0 Å². The summed E-state index contributed by atoms with van der Waals surface area (Å²) in [6, 6.07) is 21.1. The van der Waals surface area contributed by atoms with E-state index in [4.69, 9.17) is 39.8 Å². The summed E-state index contributed by atoms with van der Waals surface area (Å²) < 4.78 is 0.997. The fraction of sp³-hybridized carbons (Fsp3) is 0. The lowest BCUT2D eigenvalue weighted by Gasteiger charge is -2.15. The first-order chi connectivity index (χ1) is 12.5. The van der Waals surface area contributed by atoms with E-state index in [9.17, 15) is 0 Å². The smallest absolute Gasteiger partial charge is 0.0902 e. The molecule has 136 valence electrons. The van der Waals surface area contributed by atoms with Gasteiger partial charge in [-0.15, -0.1) is 12.4 Å². The molecule has 0 saturated heterocycles. The SMILES string of the molecule is Cl.Clc1ccc2nc(-c3ccc(Br)cc3)c(Cl)c(-c3ccccc3Cl)c2c1. The standard InChI is InChI=1S/C21H11BrCl3N.ClH/c22-13-7-5-12(6-8-13)21-20(25)19(15-3-1-2-4-17(15)24)16-11-14(23)9-10-18(16)26-21;/h1-11H;1H. The summed E-state index contributed by atoms with van der Waals surface area (Å²) in [4.78, 5) is 4.78. The molecule has 1 nitrogen and oxygen atoms in total. The molecule has 0 fully saturated rings. The Bertz CT molecular complexity index is 1130. The van der Waals surface area contributed by atoms with E-state index < -0.39 is 0 Å². The highest BCUT2D eigenvalue weighted by molar-refractivity contribution is 9.10. The molecule has 6 heteroatoms. The highest BCUT2D eigenvalue weighted by atomic mass is 79.9. The Labute approximate surface area is 186 Å². The molecule has 0 radical (unpaired) electrons. The first-order valence-corrected chi connectivity index (χ1v) is 9.77. The Morgan fingerprint density at radius 3 is 2.22 bits per heavy atom. The van der Waals surface area contributed by atoms with Gasteiger partial charge in [-0.3, -0.25) is 0 Å². The highest BCUT2D eigenvalue weighted by Gasteiger charge is 2.18. The molecule has 0 aliphatic rings. The van der Waals surface area contributed by atoms with Crippen molar-refractivity contribution in [3.05, 3.63) is 86.3 Å². The van der Waals surface area contributed by atoms with Gasteiger partial charge in [-0.1, -0.05) is 81.1 Å². The van der Waals surface area contributed by atoms with Crippen LogP contribution in [-0.4, -0.2) is 4.98 Å². The molecular formula is C21H12BrCl4N. The van der Waals surface area contributed by atoms with Crippen LogP contribution in [0.15, 0.2) is 71.2 Å². The number of pyridine rings is 1. The van der Waals surface area contributed by atoms with Gasteiger partial charge in [0.15, 0.2) is 0 Å². The maximum atomic E-state index is 6.84. The molecule has 27 heavy (non-hydrogen) atoms. The first-order valence-electron chi connectivity index (χ1n) is 7.84. The number of hydrogen-bond donors (Lipinski definition) is 0. The molecule has 3 aromatic carbocycles. The summed E-state index contributed by atoms with van der Waals surface area (Å²) in [5.74, 6) is 0. The van der Waals surface area contributed by atoms with Crippen molar-refractivity contribution in [2.45, 2.75) is 0 Å². The van der Waals surface area contributed by atoms with Crippen molar-refractivity contribution in [2.75, 3.05) is 0 Å². The fourth-order valence-corrected chi connectivity index (χ4v) is 3.96. The summed E-state index contributed by atoms with van der Waals surface area (Å²) >= 11 is 23.0. The van der Waals surface area contributed by atoms with E-state index in [-0.39, 0.29) is 12.4 Å². The van der Waals surface area contributed by atoms with E-state index in [1.165, 1.54) is 0 Å². The summed E-state index contributed by atoms with van der Waals surface area (Å²) in [7, 11) is 0. The van der Waals surface area contributed by atoms with Gasteiger partial charge in [0.25, 0.3) is 0 Å². The zero-order valence-corrected chi connectivity index (χ0v) is 18.4. The van der Waals surface area contributed by atoms with Crippen LogP contribution in [0.25, 0.3) is 33.3 Å². The molecule has 0 atom stereocenters. The van der Waals surface area contributed by atoms with Crippen molar-refractivity contribution in [3.8, 4) is 22.4 Å². The Balaban J connectivity index is 0.00000210. The zero-order valence-electron chi connectivity index (χ0n) is 13.7. The van der Waals surface area contributed by atoms with Crippen molar-refractivity contribution >= 4 is 74.0 Å². The normalized spacial score (nSPS) is 10.7. The predicted molar refractivity (Wildman–Crippen MR) is 123 cm³/mol. The summed E-state index contributed by atoms with van der Waals surface area (Å²) in [6.45, 7) is 0. The molecule has 1 heterocycles. The summed E-state index contributed by atoms with van der Waals surface area (Å²) in [5.41, 5.74) is 4.15. The quantitative estimate of drug-likeness (QED) is 0.268. The van der Waals surface area contributed by atoms with E-state index >= 15 is 0 Å². The topological polar surface area (TPSA) is 12.9 Å². The van der Waals surface area contributed by atoms with Crippen molar-refractivity contribution < 1.29 is 0 Å². The van der Waals surface area contributed by atoms with Gasteiger partial charge in [-0.05, 0) is 36.4 Å². The van der Waals surface area contributed by atoms with E-state index in [0.29, 0.717) is 20.8 Å². The monoisotopic (exact) mass is 497 g/mol. The molecule has 0 aliphatic carbocycles. The Morgan fingerprint density at radius 1 is 0.815 bits per heavy atom. The second kappa shape index (κ2) is 8.38. The Kier molecular flexibility index (Phi) is 6.35. The third-order valence-corrected chi connectivity index (χ3v) is 5.61. The van der Waals surface area contributed by atoms with Gasteiger partial charge in [0.1, 0.15) is 0 Å². The van der Waals surface area contributed by atoms with Gasteiger partial charge in [0.05, 0.1) is 16.2 Å². The second-order valence-corrected chi connectivity index (χ2v) is 7.93. The van der Waals surface area contributed by atoms with Crippen LogP contribution in [-0.2, 0) is 0 Å². The van der Waals surface area contributed by atoms with Gasteiger partial charge >= 0.3 is 0 Å². The number of nitrogens with zero attached hydrogens (tertiary/aromatic N) is 1. The highest BCUT2D eigenvalue weighted by Crippen LogP contribution is 2.43. The number of aromatic nitrogens is 1. The average molecular weight is 500 g/mol. The van der Waals surface area contributed by atoms with Crippen LogP contribution in [0.5, 0.6) is 0 Å². The minimum atomic E-state index is 0. The summed E-state index contributed by atoms with van der Waals surface area (Å²) in [6.07, 6.45) is 0. The van der Waals surface area contributed by atoms with Crippen LogP contribution in [0.3, 0.4) is 0 Å². The molecule has 4 aromatic rings. The van der Waals surface area contributed by atoms with Crippen molar-refractivity contribution in [2.24, 2.45) is 0 Å². The van der Waals surface area contributed by atoms with Gasteiger partial charge in [0.2, 0.25) is 0 Å². The third-order valence-electron chi connectivity index (χ3n) is 4.15. The maximum Gasteiger partial charge on any atom is 0.0902 e. The molecule has 0 amide bonds.